The van der Waals surface area contributed by atoms with Gasteiger partial charge in [-0.05, 0) is 39.8 Å². The summed E-state index contributed by atoms with van der Waals surface area (Å²) in [5.74, 6) is -0.170. The SMILES string of the molecule is Cc1ccc(CC(=O)N(C)CC(=O)NC(C)(C)C)s1. The Hall–Kier alpha value is -1.36. The molecule has 0 aliphatic carbocycles. The average molecular weight is 282 g/mol. The van der Waals surface area contributed by atoms with Crippen LogP contribution in [0.2, 0.25) is 0 Å². The number of rotatable bonds is 4. The van der Waals surface area contributed by atoms with Crippen molar-refractivity contribution in [3.63, 3.8) is 0 Å². The van der Waals surface area contributed by atoms with E-state index < -0.39 is 0 Å². The Kier molecular flexibility index (Phi) is 5.11. The van der Waals surface area contributed by atoms with Crippen molar-refractivity contribution < 1.29 is 9.59 Å². The number of nitrogens with zero attached hydrogens (tertiary/aromatic N) is 1. The zero-order valence-electron chi connectivity index (χ0n) is 12.2. The van der Waals surface area contributed by atoms with Crippen molar-refractivity contribution in [1.29, 1.82) is 0 Å². The van der Waals surface area contributed by atoms with Crippen LogP contribution >= 0.6 is 11.3 Å². The van der Waals surface area contributed by atoms with Crippen molar-refractivity contribution >= 4 is 23.2 Å². The van der Waals surface area contributed by atoms with Crippen LogP contribution in [0, 0.1) is 6.92 Å². The number of likely N-dealkylation sites (N-methyl/N-ethyl adjacent to an activating group) is 1. The molecule has 0 atom stereocenters. The zero-order valence-corrected chi connectivity index (χ0v) is 13.1. The Morgan fingerprint density at radius 2 is 1.95 bits per heavy atom. The van der Waals surface area contributed by atoms with E-state index in [-0.39, 0.29) is 23.9 Å². The summed E-state index contributed by atoms with van der Waals surface area (Å²) in [7, 11) is 1.66. The number of amides is 2. The van der Waals surface area contributed by atoms with Crippen LogP contribution in [0.25, 0.3) is 0 Å². The summed E-state index contributed by atoms with van der Waals surface area (Å²) in [6.07, 6.45) is 0.359. The molecule has 0 unspecified atom stereocenters. The maximum atomic E-state index is 12.0. The van der Waals surface area contributed by atoms with E-state index in [1.165, 1.54) is 9.78 Å². The number of thiophene rings is 1. The van der Waals surface area contributed by atoms with Gasteiger partial charge in [-0.3, -0.25) is 9.59 Å². The van der Waals surface area contributed by atoms with Gasteiger partial charge in [0, 0.05) is 22.3 Å². The molecule has 0 spiro atoms. The molecule has 2 amide bonds. The highest BCUT2D eigenvalue weighted by atomic mass is 32.1. The van der Waals surface area contributed by atoms with E-state index in [1.54, 1.807) is 18.4 Å². The Bertz CT molecular complexity index is 460. The van der Waals surface area contributed by atoms with Gasteiger partial charge in [0.1, 0.15) is 0 Å². The molecule has 19 heavy (non-hydrogen) atoms. The summed E-state index contributed by atoms with van der Waals surface area (Å²) in [6, 6.07) is 3.96. The summed E-state index contributed by atoms with van der Waals surface area (Å²) in [5.41, 5.74) is -0.272. The molecular weight excluding hydrogens is 260 g/mol. The maximum absolute atomic E-state index is 12.0. The van der Waals surface area contributed by atoms with E-state index in [4.69, 9.17) is 0 Å². The topological polar surface area (TPSA) is 49.4 Å². The van der Waals surface area contributed by atoms with Gasteiger partial charge < -0.3 is 10.2 Å². The first-order valence-corrected chi connectivity index (χ1v) is 7.09. The minimum Gasteiger partial charge on any atom is -0.350 e. The van der Waals surface area contributed by atoms with Gasteiger partial charge in [0.25, 0.3) is 0 Å². The summed E-state index contributed by atoms with van der Waals surface area (Å²) < 4.78 is 0. The molecule has 1 aromatic rings. The van der Waals surface area contributed by atoms with Gasteiger partial charge in [0.15, 0.2) is 0 Å². The highest BCUT2D eigenvalue weighted by Gasteiger charge is 2.18. The molecule has 1 heterocycles. The van der Waals surface area contributed by atoms with E-state index in [2.05, 4.69) is 5.32 Å². The molecule has 0 aliphatic rings. The van der Waals surface area contributed by atoms with E-state index in [1.807, 2.05) is 39.8 Å². The largest absolute Gasteiger partial charge is 0.350 e. The number of carbonyl (C=O) groups excluding carboxylic acids is 2. The minimum absolute atomic E-state index is 0.0362. The van der Waals surface area contributed by atoms with Crippen LogP contribution in [-0.2, 0) is 16.0 Å². The lowest BCUT2D eigenvalue weighted by molar-refractivity contribution is -0.134. The normalized spacial score (nSPS) is 11.2. The fourth-order valence-electron chi connectivity index (χ4n) is 1.63. The molecule has 1 aromatic heterocycles. The molecule has 1 rings (SSSR count). The van der Waals surface area contributed by atoms with Crippen LogP contribution in [-0.4, -0.2) is 35.8 Å². The monoisotopic (exact) mass is 282 g/mol. The van der Waals surface area contributed by atoms with Crippen molar-refractivity contribution in [2.24, 2.45) is 0 Å². The first kappa shape index (κ1) is 15.7. The molecule has 0 saturated heterocycles. The third-order valence-corrected chi connectivity index (χ3v) is 3.44. The molecule has 0 radical (unpaired) electrons. The highest BCUT2D eigenvalue weighted by molar-refractivity contribution is 7.12. The standard InChI is InChI=1S/C14H22N2O2S/c1-10-6-7-11(19-10)8-13(18)16(5)9-12(17)15-14(2,3)4/h6-7H,8-9H2,1-5H3,(H,15,17). The van der Waals surface area contributed by atoms with Gasteiger partial charge in [0.2, 0.25) is 11.8 Å². The van der Waals surface area contributed by atoms with Gasteiger partial charge in [-0.2, -0.15) is 0 Å². The quantitative estimate of drug-likeness (QED) is 0.918. The molecule has 0 aliphatic heterocycles. The number of carbonyl (C=O) groups is 2. The highest BCUT2D eigenvalue weighted by Crippen LogP contribution is 2.16. The molecule has 1 N–H and O–H groups in total. The van der Waals surface area contributed by atoms with E-state index >= 15 is 0 Å². The van der Waals surface area contributed by atoms with Gasteiger partial charge in [0.05, 0.1) is 13.0 Å². The van der Waals surface area contributed by atoms with Crippen LogP contribution in [0.1, 0.15) is 30.5 Å². The van der Waals surface area contributed by atoms with Crippen molar-refractivity contribution in [1.82, 2.24) is 10.2 Å². The lowest BCUT2D eigenvalue weighted by atomic mass is 10.1. The molecule has 106 valence electrons. The summed E-state index contributed by atoms with van der Waals surface area (Å²) in [6.45, 7) is 7.86. The molecule has 0 bridgehead atoms. The van der Waals surface area contributed by atoms with Crippen molar-refractivity contribution in [3.05, 3.63) is 21.9 Å². The van der Waals surface area contributed by atoms with Crippen LogP contribution in [0.5, 0.6) is 0 Å². The molecule has 0 fully saturated rings. The summed E-state index contributed by atoms with van der Waals surface area (Å²) in [5, 5.41) is 2.84. The smallest absolute Gasteiger partial charge is 0.240 e. The lowest BCUT2D eigenvalue weighted by Gasteiger charge is -2.23. The predicted octanol–water partition coefficient (Wildman–Crippen LogP) is 1.97. The molecule has 0 aromatic carbocycles. The van der Waals surface area contributed by atoms with Crippen LogP contribution in [0.4, 0.5) is 0 Å². The fourth-order valence-corrected chi connectivity index (χ4v) is 2.51. The maximum Gasteiger partial charge on any atom is 0.240 e. The van der Waals surface area contributed by atoms with Gasteiger partial charge in [-0.25, -0.2) is 0 Å². The Morgan fingerprint density at radius 1 is 1.32 bits per heavy atom. The zero-order chi connectivity index (χ0) is 14.6. The van der Waals surface area contributed by atoms with E-state index in [0.29, 0.717) is 6.42 Å². The Labute approximate surface area is 118 Å². The third kappa shape index (κ3) is 5.87. The van der Waals surface area contributed by atoms with Crippen molar-refractivity contribution in [2.45, 2.75) is 39.7 Å². The second-order valence-electron chi connectivity index (χ2n) is 5.74. The summed E-state index contributed by atoms with van der Waals surface area (Å²) >= 11 is 1.61. The minimum atomic E-state index is -0.272. The second kappa shape index (κ2) is 6.19. The van der Waals surface area contributed by atoms with Crippen LogP contribution in [0.3, 0.4) is 0 Å². The first-order valence-electron chi connectivity index (χ1n) is 6.27. The number of nitrogens with one attached hydrogen (secondary N) is 1. The first-order chi connectivity index (χ1) is 8.67. The summed E-state index contributed by atoms with van der Waals surface area (Å²) in [4.78, 5) is 27.4. The molecule has 4 nitrogen and oxygen atoms in total. The lowest BCUT2D eigenvalue weighted by Crippen LogP contribution is -2.46. The van der Waals surface area contributed by atoms with Crippen molar-refractivity contribution in [2.75, 3.05) is 13.6 Å². The second-order valence-corrected chi connectivity index (χ2v) is 7.11. The number of hydrogen-bond donors (Lipinski definition) is 1. The average Bonchev–Trinajstić information content (AvgIpc) is 2.60. The fraction of sp³-hybridized carbons (Fsp3) is 0.571. The Balaban J connectivity index is 2.47. The molecule has 0 saturated carbocycles. The Morgan fingerprint density at radius 3 is 2.42 bits per heavy atom. The third-order valence-electron chi connectivity index (χ3n) is 2.44. The number of aryl methyl sites for hydroxylation is 1. The van der Waals surface area contributed by atoms with E-state index in [0.717, 1.165) is 4.88 Å². The van der Waals surface area contributed by atoms with E-state index in [9.17, 15) is 9.59 Å². The van der Waals surface area contributed by atoms with Gasteiger partial charge in [-0.1, -0.05) is 0 Å². The van der Waals surface area contributed by atoms with Crippen LogP contribution in [0.15, 0.2) is 12.1 Å². The molecule has 5 heteroatoms. The number of hydrogen-bond acceptors (Lipinski definition) is 3. The predicted molar refractivity (Wildman–Crippen MR) is 78.3 cm³/mol. The molecular formula is C14H22N2O2S. The van der Waals surface area contributed by atoms with Gasteiger partial charge >= 0.3 is 0 Å². The van der Waals surface area contributed by atoms with Crippen LogP contribution < -0.4 is 5.32 Å². The van der Waals surface area contributed by atoms with Gasteiger partial charge in [-0.15, -0.1) is 11.3 Å². The van der Waals surface area contributed by atoms with Crippen molar-refractivity contribution in [3.8, 4) is 0 Å².